The molecule has 0 radical (unpaired) electrons. The van der Waals surface area contributed by atoms with E-state index in [0.29, 0.717) is 44.1 Å². The van der Waals surface area contributed by atoms with Crippen molar-refractivity contribution in [2.24, 2.45) is 28.6 Å². The number of allylic oxidation sites excluding steroid dienone is 1. The molecule has 4 aliphatic rings. The van der Waals surface area contributed by atoms with Gasteiger partial charge in [0.15, 0.2) is 5.78 Å². The molecule has 3 fully saturated rings. The zero-order chi connectivity index (χ0) is 25.5. The summed E-state index contributed by atoms with van der Waals surface area (Å²) < 4.78 is 0. The molecule has 3 saturated carbocycles. The Balaban J connectivity index is 1.69. The average molecular weight is 481 g/mol. The molecule has 6 N–H and O–H groups in total. The van der Waals surface area contributed by atoms with E-state index >= 15 is 0 Å². The summed E-state index contributed by atoms with van der Waals surface area (Å²) in [7, 11) is 0. The summed E-state index contributed by atoms with van der Waals surface area (Å²) in [5.41, 5.74) is -4.50. The molecule has 34 heavy (non-hydrogen) atoms. The van der Waals surface area contributed by atoms with E-state index in [4.69, 9.17) is 0 Å². The molecule has 0 saturated heterocycles. The Morgan fingerprint density at radius 2 is 1.65 bits per heavy atom. The van der Waals surface area contributed by atoms with Crippen LogP contribution in [0.1, 0.15) is 86.0 Å². The van der Waals surface area contributed by atoms with Crippen molar-refractivity contribution >= 4 is 5.78 Å². The summed E-state index contributed by atoms with van der Waals surface area (Å²) in [6.07, 6.45) is 1.96. The molecule has 194 valence electrons. The number of fused-ring (bicyclic) bond motifs is 5. The number of rotatable bonds is 5. The third-order valence-electron chi connectivity index (χ3n) is 10.4. The predicted molar refractivity (Wildman–Crippen MR) is 127 cm³/mol. The smallest absolute Gasteiger partial charge is 0.159 e. The number of ketones is 1. The summed E-state index contributed by atoms with van der Waals surface area (Å²) in [4.78, 5) is 13.3. The van der Waals surface area contributed by atoms with Gasteiger partial charge in [-0.05, 0) is 101 Å². The van der Waals surface area contributed by atoms with Crippen molar-refractivity contribution in [2.45, 2.75) is 121 Å². The van der Waals surface area contributed by atoms with E-state index in [9.17, 15) is 35.4 Å². The summed E-state index contributed by atoms with van der Waals surface area (Å²) in [6.45, 7) is 9.03. The Bertz CT molecular complexity index is 860. The topological polar surface area (TPSA) is 138 Å². The number of carbonyl (C=O) groups excluding carboxylic acids is 1. The minimum absolute atomic E-state index is 0.132. The standard InChI is InChI=1S/C27H44O7/c1-23(2,32)8-6-9-25(4,33)21-7-10-27(34)16-11-18(28)17-12-19(29)20(30)14-24(17,3)15(16)13-22(31)26(21,27)5/h11,15,17,19-22,29-34H,6-10,12-14H2,1-5H3/t15?,17-,19+,20-,21-,22?,24+,25?,26+,27-/m0/s1. The summed E-state index contributed by atoms with van der Waals surface area (Å²) in [6, 6.07) is 0. The molecule has 4 rings (SSSR count). The van der Waals surface area contributed by atoms with Gasteiger partial charge >= 0.3 is 0 Å². The number of carbonyl (C=O) groups is 1. The highest BCUT2D eigenvalue weighted by Crippen LogP contribution is 2.68. The van der Waals surface area contributed by atoms with Gasteiger partial charge in [0.2, 0.25) is 0 Å². The Kier molecular flexibility index (Phi) is 6.24. The molecule has 0 aliphatic heterocycles. The maximum absolute atomic E-state index is 13.3. The lowest BCUT2D eigenvalue weighted by molar-refractivity contribution is -0.197. The van der Waals surface area contributed by atoms with E-state index in [1.165, 1.54) is 0 Å². The van der Waals surface area contributed by atoms with E-state index in [1.54, 1.807) is 26.8 Å². The third kappa shape index (κ3) is 3.73. The van der Waals surface area contributed by atoms with Crippen LogP contribution in [0.4, 0.5) is 0 Å². The molecule has 0 aromatic rings. The first-order valence-corrected chi connectivity index (χ1v) is 12.9. The van der Waals surface area contributed by atoms with Gasteiger partial charge in [-0.15, -0.1) is 0 Å². The number of hydrogen-bond acceptors (Lipinski definition) is 7. The summed E-state index contributed by atoms with van der Waals surface area (Å²) in [5.74, 6) is -1.26. The SMILES string of the molecule is CC(C)(O)CCCC(C)(O)[C@@H]1CC[C@]2(O)C3=CC(=O)[C@@H]4C[C@@H](O)[C@@H](O)C[C@]4(C)C3CC(O)[C@@]12C. The van der Waals surface area contributed by atoms with Crippen molar-refractivity contribution in [3.63, 3.8) is 0 Å². The monoisotopic (exact) mass is 480 g/mol. The number of aliphatic hydroxyl groups excluding tert-OH is 3. The lowest BCUT2D eigenvalue weighted by atomic mass is 9.45. The van der Waals surface area contributed by atoms with Gasteiger partial charge in [-0.25, -0.2) is 0 Å². The van der Waals surface area contributed by atoms with Crippen LogP contribution >= 0.6 is 0 Å². The highest BCUT2D eigenvalue weighted by atomic mass is 16.3. The molecular formula is C27H44O7. The van der Waals surface area contributed by atoms with E-state index in [1.807, 2.05) is 13.8 Å². The first kappa shape index (κ1) is 26.2. The molecule has 0 aromatic carbocycles. The Morgan fingerprint density at radius 1 is 1.00 bits per heavy atom. The zero-order valence-electron chi connectivity index (χ0n) is 21.3. The number of hydrogen-bond donors (Lipinski definition) is 6. The van der Waals surface area contributed by atoms with Crippen LogP contribution in [-0.2, 0) is 4.79 Å². The maximum Gasteiger partial charge on any atom is 0.159 e. The second-order valence-corrected chi connectivity index (χ2v) is 13.2. The minimum Gasteiger partial charge on any atom is -0.392 e. The molecule has 10 atom stereocenters. The molecule has 0 spiro atoms. The molecule has 0 heterocycles. The normalized spacial score (nSPS) is 48.4. The summed E-state index contributed by atoms with van der Waals surface area (Å²) in [5, 5.41) is 66.1. The largest absolute Gasteiger partial charge is 0.392 e. The van der Waals surface area contributed by atoms with Crippen LogP contribution in [0.3, 0.4) is 0 Å². The second-order valence-electron chi connectivity index (χ2n) is 13.2. The fraction of sp³-hybridized carbons (Fsp3) is 0.889. The van der Waals surface area contributed by atoms with Crippen LogP contribution in [-0.4, -0.2) is 71.5 Å². The van der Waals surface area contributed by atoms with Gasteiger partial charge in [0, 0.05) is 11.3 Å². The molecule has 0 amide bonds. The quantitative estimate of drug-likeness (QED) is 0.353. The summed E-state index contributed by atoms with van der Waals surface area (Å²) >= 11 is 0. The molecule has 4 aliphatic carbocycles. The van der Waals surface area contributed by atoms with Gasteiger partial charge in [-0.3, -0.25) is 4.79 Å². The Labute approximate surface area is 202 Å². The van der Waals surface area contributed by atoms with Crippen molar-refractivity contribution in [3.8, 4) is 0 Å². The molecule has 3 unspecified atom stereocenters. The van der Waals surface area contributed by atoms with Gasteiger partial charge in [0.25, 0.3) is 0 Å². The Hall–Kier alpha value is -0.830. The van der Waals surface area contributed by atoms with Gasteiger partial charge in [0.05, 0.1) is 35.1 Å². The predicted octanol–water partition coefficient (Wildman–Crippen LogP) is 1.85. The molecule has 0 bridgehead atoms. The van der Waals surface area contributed by atoms with Crippen LogP contribution in [0.25, 0.3) is 0 Å². The van der Waals surface area contributed by atoms with Crippen molar-refractivity contribution < 1.29 is 35.4 Å². The van der Waals surface area contributed by atoms with Crippen LogP contribution in [0, 0.1) is 28.6 Å². The van der Waals surface area contributed by atoms with Crippen LogP contribution in [0.2, 0.25) is 0 Å². The average Bonchev–Trinajstić information content (AvgIpc) is 2.99. The lowest BCUT2D eigenvalue weighted by Crippen LogP contribution is -2.66. The maximum atomic E-state index is 13.3. The van der Waals surface area contributed by atoms with Crippen molar-refractivity contribution in [1.29, 1.82) is 0 Å². The number of aliphatic hydroxyl groups is 6. The zero-order valence-corrected chi connectivity index (χ0v) is 21.3. The van der Waals surface area contributed by atoms with E-state index in [2.05, 4.69) is 0 Å². The van der Waals surface area contributed by atoms with Crippen LogP contribution in [0.15, 0.2) is 11.6 Å². The fourth-order valence-electron chi connectivity index (χ4n) is 8.39. The first-order chi connectivity index (χ1) is 15.5. The van der Waals surface area contributed by atoms with Crippen LogP contribution < -0.4 is 0 Å². The van der Waals surface area contributed by atoms with Crippen LogP contribution in [0.5, 0.6) is 0 Å². The van der Waals surface area contributed by atoms with Gasteiger partial charge in [-0.2, -0.15) is 0 Å². The minimum atomic E-state index is -1.44. The van der Waals surface area contributed by atoms with Gasteiger partial charge < -0.3 is 30.6 Å². The third-order valence-corrected chi connectivity index (χ3v) is 10.4. The van der Waals surface area contributed by atoms with Crippen molar-refractivity contribution in [2.75, 3.05) is 0 Å². The highest BCUT2D eigenvalue weighted by Gasteiger charge is 2.71. The molecule has 7 nitrogen and oxygen atoms in total. The molecule has 0 aromatic heterocycles. The van der Waals surface area contributed by atoms with Gasteiger partial charge in [-0.1, -0.05) is 13.8 Å². The van der Waals surface area contributed by atoms with Crippen molar-refractivity contribution in [1.82, 2.24) is 0 Å². The van der Waals surface area contributed by atoms with Crippen molar-refractivity contribution in [3.05, 3.63) is 11.6 Å². The lowest BCUT2D eigenvalue weighted by Gasteiger charge is -2.62. The Morgan fingerprint density at radius 3 is 2.26 bits per heavy atom. The van der Waals surface area contributed by atoms with E-state index < -0.39 is 51.9 Å². The first-order valence-electron chi connectivity index (χ1n) is 12.9. The highest BCUT2D eigenvalue weighted by molar-refractivity contribution is 5.95. The van der Waals surface area contributed by atoms with E-state index in [0.717, 1.165) is 0 Å². The van der Waals surface area contributed by atoms with Gasteiger partial charge in [0.1, 0.15) is 0 Å². The second kappa shape index (κ2) is 8.09. The molecule has 7 heteroatoms. The van der Waals surface area contributed by atoms with E-state index in [-0.39, 0.29) is 30.5 Å². The molecular weight excluding hydrogens is 436 g/mol. The fourth-order valence-corrected chi connectivity index (χ4v) is 8.39.